The summed E-state index contributed by atoms with van der Waals surface area (Å²) in [6.45, 7) is 4.45. The molecule has 3 rings (SSSR count). The van der Waals surface area contributed by atoms with Crippen molar-refractivity contribution in [3.63, 3.8) is 0 Å². The molecular weight excluding hydrogens is 340 g/mol. The van der Waals surface area contributed by atoms with Crippen LogP contribution in [0.15, 0.2) is 28.7 Å². The molecule has 1 aromatic carbocycles. The molecule has 2 N–H and O–H groups in total. The maximum Gasteiger partial charge on any atom is 0.287 e. The first kappa shape index (κ1) is 17.4. The monoisotopic (exact) mass is 360 g/mol. The van der Waals surface area contributed by atoms with Gasteiger partial charge in [-0.05, 0) is 32.1 Å². The predicted octanol–water partition coefficient (Wildman–Crippen LogP) is 3.08. The maximum atomic E-state index is 12.6. The summed E-state index contributed by atoms with van der Waals surface area (Å²) < 4.78 is 13.7. The van der Waals surface area contributed by atoms with E-state index in [9.17, 15) is 4.79 Å². The molecule has 0 aliphatic carbocycles. The van der Waals surface area contributed by atoms with E-state index in [1.54, 1.807) is 11.6 Å². The first-order chi connectivity index (χ1) is 12.0. The van der Waals surface area contributed by atoms with Crippen molar-refractivity contribution in [1.29, 1.82) is 0 Å². The Bertz CT molecular complexity index is 954. The molecular formula is C17H20N4O3S. The third-order valence-electron chi connectivity index (χ3n) is 3.84. The van der Waals surface area contributed by atoms with Gasteiger partial charge < -0.3 is 19.0 Å². The summed E-state index contributed by atoms with van der Waals surface area (Å²) >= 11 is 5.07. The zero-order valence-electron chi connectivity index (χ0n) is 14.3. The Hall–Kier alpha value is -2.45. The van der Waals surface area contributed by atoms with Gasteiger partial charge in [-0.2, -0.15) is 5.10 Å². The number of carbonyl (C=O) groups excluding carboxylic acids is 1. The second kappa shape index (κ2) is 7.20. The summed E-state index contributed by atoms with van der Waals surface area (Å²) in [6, 6.07) is 7.54. The van der Waals surface area contributed by atoms with Gasteiger partial charge in [-0.1, -0.05) is 18.2 Å². The molecule has 0 aliphatic heterocycles. The van der Waals surface area contributed by atoms with Crippen molar-refractivity contribution in [3.05, 3.63) is 46.2 Å². The van der Waals surface area contributed by atoms with Gasteiger partial charge in [-0.25, -0.2) is 0 Å². The fraction of sp³-hybridized carbons (Fsp3) is 0.353. The van der Waals surface area contributed by atoms with E-state index >= 15 is 0 Å². The van der Waals surface area contributed by atoms with E-state index in [1.807, 2.05) is 38.1 Å². The molecule has 2 aromatic heterocycles. The number of rotatable bonds is 6. The number of furan rings is 1. The number of benzene rings is 1. The number of aromatic amines is 1. The molecule has 0 saturated carbocycles. The molecule has 0 atom stereocenters. The summed E-state index contributed by atoms with van der Waals surface area (Å²) in [6.07, 6.45) is 0.0538. The zero-order valence-corrected chi connectivity index (χ0v) is 15.1. The highest BCUT2D eigenvalue weighted by Crippen LogP contribution is 2.27. The van der Waals surface area contributed by atoms with E-state index in [2.05, 4.69) is 15.5 Å². The van der Waals surface area contributed by atoms with Gasteiger partial charge in [0.25, 0.3) is 5.91 Å². The number of carbonyl (C=O) groups is 1. The van der Waals surface area contributed by atoms with Crippen LogP contribution in [0.3, 0.4) is 0 Å². The number of hydrogen-bond donors (Lipinski definition) is 2. The Kier molecular flexibility index (Phi) is 5.00. The standard InChI is InChI=1S/C17H20N4O3S/c1-10(2)23-9-12-11-6-4-5-7-13(11)24-15(12)16(22)18-8-14-19-20-17(25)21(14)3/h4-7,10H,8-9H2,1-3H3,(H,18,22)(H,20,25). The SMILES string of the molecule is CC(C)OCc1c(C(=O)NCc2n[nH]c(=S)n2C)oc2ccccc12. The first-order valence-electron chi connectivity index (χ1n) is 7.98. The third kappa shape index (κ3) is 3.64. The van der Waals surface area contributed by atoms with Gasteiger partial charge >= 0.3 is 0 Å². The Balaban J connectivity index is 1.85. The number of aromatic nitrogens is 3. The van der Waals surface area contributed by atoms with Crippen LogP contribution in [0, 0.1) is 4.77 Å². The van der Waals surface area contributed by atoms with E-state index in [0.717, 1.165) is 10.9 Å². The predicted molar refractivity (Wildman–Crippen MR) is 95.7 cm³/mol. The van der Waals surface area contributed by atoms with E-state index in [1.165, 1.54) is 0 Å². The molecule has 0 fully saturated rings. The summed E-state index contributed by atoms with van der Waals surface area (Å²) in [5.74, 6) is 0.584. The number of ether oxygens (including phenoxy) is 1. The van der Waals surface area contributed by atoms with E-state index in [-0.39, 0.29) is 24.3 Å². The Morgan fingerprint density at radius 2 is 2.20 bits per heavy atom. The van der Waals surface area contributed by atoms with E-state index in [0.29, 0.717) is 22.8 Å². The summed E-state index contributed by atoms with van der Waals surface area (Å²) in [4.78, 5) is 12.6. The van der Waals surface area contributed by atoms with Crippen molar-refractivity contribution in [3.8, 4) is 0 Å². The minimum atomic E-state index is -0.313. The highest BCUT2D eigenvalue weighted by Gasteiger charge is 2.21. The van der Waals surface area contributed by atoms with Crippen molar-refractivity contribution in [2.45, 2.75) is 33.1 Å². The Morgan fingerprint density at radius 1 is 1.44 bits per heavy atom. The molecule has 0 radical (unpaired) electrons. The highest BCUT2D eigenvalue weighted by molar-refractivity contribution is 7.71. The lowest BCUT2D eigenvalue weighted by atomic mass is 10.1. The lowest BCUT2D eigenvalue weighted by Crippen LogP contribution is -2.25. The van der Waals surface area contributed by atoms with Crippen LogP contribution in [-0.2, 0) is 24.9 Å². The van der Waals surface area contributed by atoms with Gasteiger partial charge in [-0.15, -0.1) is 0 Å². The van der Waals surface area contributed by atoms with Crippen LogP contribution in [0.1, 0.15) is 35.8 Å². The second-order valence-corrected chi connectivity index (χ2v) is 6.34. The fourth-order valence-electron chi connectivity index (χ4n) is 2.45. The molecule has 2 heterocycles. The molecule has 0 spiro atoms. The number of para-hydroxylation sites is 1. The minimum absolute atomic E-state index is 0.0538. The van der Waals surface area contributed by atoms with Crippen molar-refractivity contribution in [1.82, 2.24) is 20.1 Å². The second-order valence-electron chi connectivity index (χ2n) is 5.95. The van der Waals surface area contributed by atoms with Crippen LogP contribution in [0.4, 0.5) is 0 Å². The van der Waals surface area contributed by atoms with Crippen molar-refractivity contribution < 1.29 is 13.9 Å². The van der Waals surface area contributed by atoms with Gasteiger partial charge in [0.2, 0.25) is 0 Å². The van der Waals surface area contributed by atoms with Crippen LogP contribution < -0.4 is 5.32 Å². The van der Waals surface area contributed by atoms with Gasteiger partial charge in [0.1, 0.15) is 5.58 Å². The molecule has 7 nitrogen and oxygen atoms in total. The normalized spacial score (nSPS) is 11.4. The number of nitrogens with zero attached hydrogens (tertiary/aromatic N) is 2. The largest absolute Gasteiger partial charge is 0.451 e. The molecule has 3 aromatic rings. The highest BCUT2D eigenvalue weighted by atomic mass is 32.1. The number of hydrogen-bond acceptors (Lipinski definition) is 5. The molecule has 8 heteroatoms. The quantitative estimate of drug-likeness (QED) is 0.660. The number of nitrogens with one attached hydrogen (secondary N) is 2. The van der Waals surface area contributed by atoms with Crippen LogP contribution >= 0.6 is 12.2 Å². The average Bonchev–Trinajstić information content (AvgIpc) is 3.12. The van der Waals surface area contributed by atoms with Gasteiger partial charge in [-0.3, -0.25) is 9.89 Å². The maximum absolute atomic E-state index is 12.6. The molecule has 132 valence electrons. The van der Waals surface area contributed by atoms with Crippen LogP contribution in [0.2, 0.25) is 0 Å². The molecule has 0 aliphatic rings. The minimum Gasteiger partial charge on any atom is -0.451 e. The molecule has 0 unspecified atom stereocenters. The number of amides is 1. The smallest absolute Gasteiger partial charge is 0.287 e. The van der Waals surface area contributed by atoms with Crippen molar-refractivity contribution >= 4 is 29.1 Å². The Labute approximate surface area is 150 Å². The third-order valence-corrected chi connectivity index (χ3v) is 4.21. The zero-order chi connectivity index (χ0) is 18.0. The lowest BCUT2D eigenvalue weighted by molar-refractivity contribution is 0.0643. The van der Waals surface area contributed by atoms with E-state index < -0.39 is 0 Å². The molecule has 1 amide bonds. The van der Waals surface area contributed by atoms with Crippen LogP contribution in [0.25, 0.3) is 11.0 Å². The molecule has 25 heavy (non-hydrogen) atoms. The Morgan fingerprint density at radius 3 is 2.88 bits per heavy atom. The van der Waals surface area contributed by atoms with Crippen molar-refractivity contribution in [2.24, 2.45) is 7.05 Å². The van der Waals surface area contributed by atoms with E-state index in [4.69, 9.17) is 21.4 Å². The summed E-state index contributed by atoms with van der Waals surface area (Å²) in [5.41, 5.74) is 1.41. The van der Waals surface area contributed by atoms with Gasteiger partial charge in [0.15, 0.2) is 16.4 Å². The molecule has 0 bridgehead atoms. The number of H-pyrrole nitrogens is 1. The van der Waals surface area contributed by atoms with Crippen LogP contribution in [0.5, 0.6) is 0 Å². The summed E-state index contributed by atoms with van der Waals surface area (Å²) in [5, 5.41) is 10.5. The van der Waals surface area contributed by atoms with Gasteiger partial charge in [0.05, 0.1) is 19.3 Å². The van der Waals surface area contributed by atoms with Crippen LogP contribution in [-0.4, -0.2) is 26.8 Å². The topological polar surface area (TPSA) is 85.1 Å². The average molecular weight is 360 g/mol. The fourth-order valence-corrected chi connectivity index (χ4v) is 2.60. The van der Waals surface area contributed by atoms with Crippen molar-refractivity contribution in [2.75, 3.05) is 0 Å². The lowest BCUT2D eigenvalue weighted by Gasteiger charge is -2.08. The summed E-state index contributed by atoms with van der Waals surface area (Å²) in [7, 11) is 1.79. The first-order valence-corrected chi connectivity index (χ1v) is 8.38. The van der Waals surface area contributed by atoms with Gasteiger partial charge in [0, 0.05) is 18.0 Å². The molecule has 0 saturated heterocycles. The number of fused-ring (bicyclic) bond motifs is 1.